The molecule has 4 heteroatoms. The molecule has 0 aliphatic carbocycles. The predicted octanol–water partition coefficient (Wildman–Crippen LogP) is 3.97. The summed E-state index contributed by atoms with van der Waals surface area (Å²) in [6, 6.07) is 14.0. The molecule has 2 rings (SSSR count). The monoisotopic (exact) mass is 288 g/mol. The molecule has 0 saturated carbocycles. The second-order valence-corrected chi connectivity index (χ2v) is 4.55. The van der Waals surface area contributed by atoms with E-state index in [-0.39, 0.29) is 5.57 Å². The van der Waals surface area contributed by atoms with Crippen molar-refractivity contribution in [1.29, 1.82) is 0 Å². The Bertz CT molecular complexity index is 645. The maximum Gasteiger partial charge on any atom is 0.336 e. The first-order valence-electron chi connectivity index (χ1n) is 5.96. The van der Waals surface area contributed by atoms with Crippen LogP contribution in [0.3, 0.4) is 0 Å². The number of para-hydroxylation sites is 1. The summed E-state index contributed by atoms with van der Waals surface area (Å²) in [6.45, 7) is 0. The molecular formula is C16H13ClO3. The Balaban J connectivity index is 2.51. The third-order valence-corrected chi connectivity index (χ3v) is 3.06. The van der Waals surface area contributed by atoms with E-state index in [0.717, 1.165) is 5.56 Å². The van der Waals surface area contributed by atoms with Gasteiger partial charge in [-0.05, 0) is 29.8 Å². The maximum absolute atomic E-state index is 11.5. The van der Waals surface area contributed by atoms with Gasteiger partial charge in [0, 0.05) is 10.6 Å². The van der Waals surface area contributed by atoms with E-state index in [2.05, 4.69) is 0 Å². The molecule has 0 atom stereocenters. The van der Waals surface area contributed by atoms with Gasteiger partial charge in [-0.25, -0.2) is 4.79 Å². The van der Waals surface area contributed by atoms with Crippen LogP contribution in [-0.2, 0) is 4.79 Å². The van der Waals surface area contributed by atoms with Crippen molar-refractivity contribution in [2.45, 2.75) is 0 Å². The highest BCUT2D eigenvalue weighted by atomic mass is 35.5. The van der Waals surface area contributed by atoms with Crippen molar-refractivity contribution in [1.82, 2.24) is 0 Å². The Labute approximate surface area is 122 Å². The lowest BCUT2D eigenvalue weighted by molar-refractivity contribution is -0.130. The number of hydrogen-bond acceptors (Lipinski definition) is 2. The van der Waals surface area contributed by atoms with Gasteiger partial charge in [-0.3, -0.25) is 0 Å². The summed E-state index contributed by atoms with van der Waals surface area (Å²) in [5.41, 5.74) is 1.47. The number of halogens is 1. The summed E-state index contributed by atoms with van der Waals surface area (Å²) >= 11 is 5.82. The number of ether oxygens (including phenoxy) is 1. The molecule has 0 aliphatic heterocycles. The van der Waals surface area contributed by atoms with Gasteiger partial charge in [-0.2, -0.15) is 0 Å². The molecule has 0 unspecified atom stereocenters. The molecule has 2 aromatic carbocycles. The zero-order chi connectivity index (χ0) is 14.5. The Hall–Kier alpha value is -2.26. The lowest BCUT2D eigenvalue weighted by atomic mass is 10.0. The molecular weight excluding hydrogens is 276 g/mol. The van der Waals surface area contributed by atoms with E-state index in [1.165, 1.54) is 7.11 Å². The summed E-state index contributed by atoms with van der Waals surface area (Å²) in [5, 5.41) is 10.0. The average molecular weight is 289 g/mol. The van der Waals surface area contributed by atoms with Gasteiger partial charge < -0.3 is 9.84 Å². The predicted molar refractivity (Wildman–Crippen MR) is 80.0 cm³/mol. The Morgan fingerprint density at radius 2 is 1.80 bits per heavy atom. The molecule has 3 nitrogen and oxygen atoms in total. The van der Waals surface area contributed by atoms with Crippen LogP contribution in [0, 0.1) is 0 Å². The third kappa shape index (κ3) is 3.19. The van der Waals surface area contributed by atoms with Gasteiger partial charge in [0.05, 0.1) is 12.7 Å². The molecule has 0 aromatic heterocycles. The van der Waals surface area contributed by atoms with Gasteiger partial charge in [0.2, 0.25) is 0 Å². The highest BCUT2D eigenvalue weighted by Gasteiger charge is 2.14. The number of hydrogen-bond donors (Lipinski definition) is 1. The van der Waals surface area contributed by atoms with Crippen LogP contribution >= 0.6 is 11.6 Å². The summed E-state index contributed by atoms with van der Waals surface area (Å²) in [6.07, 6.45) is 1.59. The zero-order valence-electron chi connectivity index (χ0n) is 10.8. The van der Waals surface area contributed by atoms with Gasteiger partial charge in [0.15, 0.2) is 0 Å². The van der Waals surface area contributed by atoms with Crippen molar-refractivity contribution in [3.63, 3.8) is 0 Å². The van der Waals surface area contributed by atoms with Crippen molar-refractivity contribution in [2.75, 3.05) is 7.11 Å². The molecule has 0 spiro atoms. The van der Waals surface area contributed by atoms with Gasteiger partial charge >= 0.3 is 5.97 Å². The first-order valence-corrected chi connectivity index (χ1v) is 6.33. The van der Waals surface area contributed by atoms with Crippen LogP contribution < -0.4 is 4.74 Å². The minimum absolute atomic E-state index is 0.171. The molecule has 0 saturated heterocycles. The summed E-state index contributed by atoms with van der Waals surface area (Å²) < 4.78 is 5.21. The van der Waals surface area contributed by atoms with Crippen molar-refractivity contribution in [3.05, 3.63) is 64.7 Å². The first kappa shape index (κ1) is 14.2. The van der Waals surface area contributed by atoms with Crippen LogP contribution in [0.25, 0.3) is 11.6 Å². The number of aliphatic carboxylic acids is 1. The molecule has 20 heavy (non-hydrogen) atoms. The molecule has 0 heterocycles. The van der Waals surface area contributed by atoms with Gasteiger partial charge in [-0.1, -0.05) is 41.9 Å². The Kier molecular flexibility index (Phi) is 4.43. The Morgan fingerprint density at radius 3 is 2.40 bits per heavy atom. The highest BCUT2D eigenvalue weighted by Crippen LogP contribution is 2.27. The van der Waals surface area contributed by atoms with E-state index in [4.69, 9.17) is 16.3 Å². The van der Waals surface area contributed by atoms with Crippen LogP contribution in [0.4, 0.5) is 0 Å². The van der Waals surface area contributed by atoms with E-state index >= 15 is 0 Å². The number of benzene rings is 2. The quantitative estimate of drug-likeness (QED) is 0.684. The van der Waals surface area contributed by atoms with Crippen LogP contribution in [-0.4, -0.2) is 18.2 Å². The fourth-order valence-corrected chi connectivity index (χ4v) is 1.97. The number of carbonyl (C=O) groups is 1. The normalized spacial score (nSPS) is 11.2. The van der Waals surface area contributed by atoms with Crippen molar-refractivity contribution in [3.8, 4) is 5.75 Å². The standard InChI is InChI=1S/C16H13ClO3/c1-20-15-5-3-2-4-13(15)14(16(18)19)10-11-6-8-12(17)9-7-11/h2-10H,1H3,(H,18,19)/b14-10+. The molecule has 1 N–H and O–H groups in total. The van der Waals surface area contributed by atoms with Crippen LogP contribution in [0.2, 0.25) is 5.02 Å². The second kappa shape index (κ2) is 6.26. The number of methoxy groups -OCH3 is 1. The molecule has 0 aliphatic rings. The number of carboxylic acid groups (broad SMARTS) is 1. The maximum atomic E-state index is 11.5. The second-order valence-electron chi connectivity index (χ2n) is 4.12. The molecule has 0 amide bonds. The highest BCUT2D eigenvalue weighted by molar-refractivity contribution is 6.30. The fourth-order valence-electron chi connectivity index (χ4n) is 1.85. The summed E-state index contributed by atoms with van der Waals surface area (Å²) in [4.78, 5) is 11.5. The molecule has 102 valence electrons. The Morgan fingerprint density at radius 1 is 1.15 bits per heavy atom. The lowest BCUT2D eigenvalue weighted by Crippen LogP contribution is -2.01. The van der Waals surface area contributed by atoms with E-state index in [0.29, 0.717) is 16.3 Å². The first-order chi connectivity index (χ1) is 9.61. The molecule has 2 aromatic rings. The number of carboxylic acids is 1. The van der Waals surface area contributed by atoms with Crippen molar-refractivity contribution in [2.24, 2.45) is 0 Å². The molecule has 0 radical (unpaired) electrons. The van der Waals surface area contributed by atoms with Crippen LogP contribution in [0.1, 0.15) is 11.1 Å². The van der Waals surface area contributed by atoms with E-state index < -0.39 is 5.97 Å². The van der Waals surface area contributed by atoms with E-state index in [1.54, 1.807) is 54.6 Å². The molecule has 0 fully saturated rings. The fraction of sp³-hybridized carbons (Fsp3) is 0.0625. The van der Waals surface area contributed by atoms with E-state index in [1.807, 2.05) is 0 Å². The van der Waals surface area contributed by atoms with Crippen LogP contribution in [0.5, 0.6) is 5.75 Å². The topological polar surface area (TPSA) is 46.5 Å². The van der Waals surface area contributed by atoms with Crippen LogP contribution in [0.15, 0.2) is 48.5 Å². The van der Waals surface area contributed by atoms with Gasteiger partial charge in [0.1, 0.15) is 5.75 Å². The average Bonchev–Trinajstić information content (AvgIpc) is 2.46. The third-order valence-electron chi connectivity index (χ3n) is 2.81. The SMILES string of the molecule is COc1ccccc1/C(=C\c1ccc(Cl)cc1)C(=O)O. The lowest BCUT2D eigenvalue weighted by Gasteiger charge is -2.09. The minimum atomic E-state index is -1.01. The molecule has 0 bridgehead atoms. The number of rotatable bonds is 4. The smallest absolute Gasteiger partial charge is 0.336 e. The van der Waals surface area contributed by atoms with Crippen molar-refractivity contribution >= 4 is 29.2 Å². The van der Waals surface area contributed by atoms with Gasteiger partial charge in [-0.15, -0.1) is 0 Å². The summed E-state index contributed by atoms with van der Waals surface area (Å²) in [5.74, 6) is -0.487. The minimum Gasteiger partial charge on any atom is -0.496 e. The van der Waals surface area contributed by atoms with Crippen molar-refractivity contribution < 1.29 is 14.6 Å². The zero-order valence-corrected chi connectivity index (χ0v) is 11.6. The van der Waals surface area contributed by atoms with Gasteiger partial charge in [0.25, 0.3) is 0 Å². The summed E-state index contributed by atoms with van der Waals surface area (Å²) in [7, 11) is 1.51. The largest absolute Gasteiger partial charge is 0.496 e. The van der Waals surface area contributed by atoms with E-state index in [9.17, 15) is 9.90 Å².